The van der Waals surface area contributed by atoms with E-state index in [2.05, 4.69) is 9.15 Å². The molecule has 0 amide bonds. The van der Waals surface area contributed by atoms with Crippen molar-refractivity contribution >= 4 is 11.9 Å². The Morgan fingerprint density at radius 1 is 1.21 bits per heavy atom. The summed E-state index contributed by atoms with van der Waals surface area (Å²) in [5.74, 6) is -3.15. The molecule has 0 atom stereocenters. The number of aromatic carboxylic acids is 1. The van der Waals surface area contributed by atoms with Gasteiger partial charge in [0.1, 0.15) is 5.60 Å². The number of hydrogen-bond donors (Lipinski definition) is 1. The predicted octanol–water partition coefficient (Wildman–Crippen LogP) is 1.53. The first kappa shape index (κ1) is 10.4. The van der Waals surface area contributed by atoms with E-state index >= 15 is 0 Å². The Morgan fingerprint density at radius 2 is 1.71 bits per heavy atom. The zero-order valence-corrected chi connectivity index (χ0v) is 7.99. The molecule has 6 heteroatoms. The van der Waals surface area contributed by atoms with Crippen LogP contribution >= 0.6 is 0 Å². The van der Waals surface area contributed by atoms with Crippen molar-refractivity contribution in [2.24, 2.45) is 0 Å². The molecule has 0 fully saturated rings. The Kier molecular flexibility index (Phi) is 2.37. The van der Waals surface area contributed by atoms with Gasteiger partial charge in [-0.3, -0.25) is 9.15 Å². The molecule has 0 saturated heterocycles. The van der Waals surface area contributed by atoms with Crippen LogP contribution in [0.25, 0.3) is 0 Å². The predicted molar refractivity (Wildman–Crippen MR) is 43.1 cm³/mol. The molecule has 0 aliphatic carbocycles. The number of esters is 1. The van der Waals surface area contributed by atoms with Crippen molar-refractivity contribution < 1.29 is 28.6 Å². The van der Waals surface area contributed by atoms with E-state index in [0.717, 1.165) is 0 Å². The van der Waals surface area contributed by atoms with Crippen LogP contribution in [-0.2, 0) is 4.74 Å². The molecule has 78 valence electrons. The Labute approximate surface area is 79.4 Å². The van der Waals surface area contributed by atoms with E-state index < -0.39 is 29.1 Å². The van der Waals surface area contributed by atoms with E-state index in [9.17, 15) is 9.59 Å². The summed E-state index contributed by atoms with van der Waals surface area (Å²) in [6.45, 7) is 4.97. The highest BCUT2D eigenvalue weighted by Crippen LogP contribution is 2.18. The first-order valence-electron chi connectivity index (χ1n) is 3.87. The van der Waals surface area contributed by atoms with Gasteiger partial charge in [-0.15, -0.1) is 0 Å². The molecular formula is C8H10O6. The van der Waals surface area contributed by atoms with Crippen LogP contribution in [-0.4, -0.2) is 22.6 Å². The fourth-order valence-corrected chi connectivity index (χ4v) is 0.709. The van der Waals surface area contributed by atoms with Crippen LogP contribution in [0, 0.1) is 0 Å². The highest BCUT2D eigenvalue weighted by molar-refractivity contribution is 5.98. The SMILES string of the molecule is CC(C)(C)OC(=O)c1ooc1C(=O)O. The zero-order chi connectivity index (χ0) is 10.9. The van der Waals surface area contributed by atoms with Crippen LogP contribution in [0.15, 0.2) is 9.15 Å². The van der Waals surface area contributed by atoms with E-state index in [-0.39, 0.29) is 0 Å². The molecular weight excluding hydrogens is 192 g/mol. The van der Waals surface area contributed by atoms with Gasteiger partial charge < -0.3 is 9.84 Å². The van der Waals surface area contributed by atoms with E-state index in [1.54, 1.807) is 20.8 Å². The summed E-state index contributed by atoms with van der Waals surface area (Å²) in [5, 5.41) is 8.48. The van der Waals surface area contributed by atoms with Gasteiger partial charge in [0.25, 0.3) is 0 Å². The molecule has 1 aromatic rings. The van der Waals surface area contributed by atoms with Crippen molar-refractivity contribution in [3.05, 3.63) is 11.5 Å². The maximum atomic E-state index is 11.2. The lowest BCUT2D eigenvalue weighted by molar-refractivity contribution is -0.0514. The smallest absolute Gasteiger partial charge is 0.384 e. The van der Waals surface area contributed by atoms with Crippen LogP contribution in [0.5, 0.6) is 0 Å². The van der Waals surface area contributed by atoms with E-state index in [0.29, 0.717) is 0 Å². The van der Waals surface area contributed by atoms with Crippen LogP contribution in [0.2, 0.25) is 0 Å². The number of carbonyl (C=O) groups is 2. The second kappa shape index (κ2) is 3.21. The number of carbonyl (C=O) groups excluding carboxylic acids is 1. The molecule has 0 aliphatic rings. The third-order valence-corrected chi connectivity index (χ3v) is 1.19. The monoisotopic (exact) mass is 202 g/mol. The van der Waals surface area contributed by atoms with Gasteiger partial charge in [-0.05, 0) is 20.8 Å². The van der Waals surface area contributed by atoms with Gasteiger partial charge in [0.15, 0.2) is 0 Å². The third kappa shape index (κ3) is 2.15. The Bertz CT molecular complexity index is 350. The minimum absolute atomic E-state index is 0.410. The summed E-state index contributed by atoms with van der Waals surface area (Å²) in [6.07, 6.45) is 0. The minimum atomic E-state index is -1.36. The zero-order valence-electron chi connectivity index (χ0n) is 7.99. The molecule has 1 heterocycles. The lowest BCUT2D eigenvalue weighted by Gasteiger charge is -2.18. The molecule has 14 heavy (non-hydrogen) atoms. The van der Waals surface area contributed by atoms with Crippen molar-refractivity contribution in [1.29, 1.82) is 0 Å². The Morgan fingerprint density at radius 3 is 2.00 bits per heavy atom. The van der Waals surface area contributed by atoms with Crippen molar-refractivity contribution in [1.82, 2.24) is 0 Å². The number of rotatable bonds is 2. The molecule has 0 aliphatic heterocycles. The molecule has 1 aromatic heterocycles. The van der Waals surface area contributed by atoms with E-state index in [1.165, 1.54) is 0 Å². The largest absolute Gasteiger partial charge is 0.475 e. The average Bonchev–Trinajstić information content (AvgIpc) is 1.75. The normalized spacial score (nSPS) is 11.4. The quantitative estimate of drug-likeness (QED) is 0.577. The second-order valence-electron chi connectivity index (χ2n) is 3.63. The topological polar surface area (TPSA) is 89.9 Å². The van der Waals surface area contributed by atoms with Crippen LogP contribution < -0.4 is 0 Å². The molecule has 0 bridgehead atoms. The summed E-state index contributed by atoms with van der Waals surface area (Å²) in [7, 11) is 0. The number of hydrogen-bond acceptors (Lipinski definition) is 5. The van der Waals surface area contributed by atoms with Gasteiger partial charge in [-0.1, -0.05) is 0 Å². The lowest BCUT2D eigenvalue weighted by Crippen LogP contribution is -2.26. The van der Waals surface area contributed by atoms with Crippen molar-refractivity contribution in [2.45, 2.75) is 26.4 Å². The van der Waals surface area contributed by atoms with Crippen LogP contribution in [0.4, 0.5) is 0 Å². The van der Waals surface area contributed by atoms with Gasteiger partial charge >= 0.3 is 23.5 Å². The second-order valence-corrected chi connectivity index (χ2v) is 3.63. The van der Waals surface area contributed by atoms with E-state index in [4.69, 9.17) is 9.84 Å². The average molecular weight is 202 g/mol. The van der Waals surface area contributed by atoms with Gasteiger partial charge in [-0.25, -0.2) is 9.59 Å². The molecule has 1 N–H and O–H groups in total. The summed E-state index contributed by atoms with van der Waals surface area (Å²) in [4.78, 5) is 21.6. The standard InChI is InChI=1S/C8H10O6/c1-8(2,3)12-7(11)5-4(6(9)10)13-14-5/h1-3H3,(H,9,10). The Hall–Kier alpha value is -1.72. The fourth-order valence-electron chi connectivity index (χ4n) is 0.709. The third-order valence-electron chi connectivity index (χ3n) is 1.19. The molecule has 0 aromatic carbocycles. The first-order valence-corrected chi connectivity index (χ1v) is 3.87. The highest BCUT2D eigenvalue weighted by Gasteiger charge is 2.32. The molecule has 6 nitrogen and oxygen atoms in total. The van der Waals surface area contributed by atoms with Gasteiger partial charge in [-0.2, -0.15) is 0 Å². The summed E-state index contributed by atoms with van der Waals surface area (Å²) >= 11 is 0. The van der Waals surface area contributed by atoms with Gasteiger partial charge in [0.2, 0.25) is 0 Å². The summed E-state index contributed by atoms with van der Waals surface area (Å²) in [5.41, 5.74) is -0.702. The van der Waals surface area contributed by atoms with Crippen LogP contribution in [0.1, 0.15) is 41.9 Å². The molecule has 1 rings (SSSR count). The van der Waals surface area contributed by atoms with Crippen LogP contribution in [0.3, 0.4) is 0 Å². The van der Waals surface area contributed by atoms with Gasteiger partial charge in [0.05, 0.1) is 0 Å². The molecule has 0 radical (unpaired) electrons. The molecule has 0 saturated carbocycles. The number of ether oxygens (including phenoxy) is 1. The maximum absolute atomic E-state index is 11.2. The summed E-state index contributed by atoms with van der Waals surface area (Å²) < 4.78 is 13.2. The first-order chi connectivity index (χ1) is 6.31. The lowest BCUT2D eigenvalue weighted by atomic mass is 10.2. The van der Waals surface area contributed by atoms with Crippen molar-refractivity contribution in [3.63, 3.8) is 0 Å². The molecule has 0 spiro atoms. The fraction of sp³-hybridized carbons (Fsp3) is 0.500. The molecule has 0 unspecified atom stereocenters. The summed E-state index contributed by atoms with van der Waals surface area (Å²) in [6, 6.07) is 0. The number of carboxylic acid groups (broad SMARTS) is 1. The van der Waals surface area contributed by atoms with E-state index in [1.807, 2.05) is 0 Å². The highest BCUT2D eigenvalue weighted by atomic mass is 17.0. The van der Waals surface area contributed by atoms with Crippen molar-refractivity contribution in [3.8, 4) is 0 Å². The number of carboxylic acids is 1. The van der Waals surface area contributed by atoms with Gasteiger partial charge in [0, 0.05) is 0 Å². The minimum Gasteiger partial charge on any atom is -0.475 e. The maximum Gasteiger partial charge on any atom is 0.384 e. The van der Waals surface area contributed by atoms with Crippen molar-refractivity contribution in [2.75, 3.05) is 0 Å². The Balaban J connectivity index is 2.73.